The molecule has 0 radical (unpaired) electrons. The quantitative estimate of drug-likeness (QED) is 0.0417. The number of hydrogen-bond acceptors (Lipinski definition) is 5. The van der Waals surface area contributed by atoms with Crippen LogP contribution in [0.2, 0.25) is 0 Å². The molecular formula is C71H141NO5. The lowest BCUT2D eigenvalue weighted by Crippen LogP contribution is -2.45. The first-order valence-electron chi connectivity index (χ1n) is 35.8. The van der Waals surface area contributed by atoms with Crippen molar-refractivity contribution in [2.75, 3.05) is 13.2 Å². The van der Waals surface area contributed by atoms with Crippen LogP contribution < -0.4 is 5.32 Å². The molecule has 0 aliphatic heterocycles. The largest absolute Gasteiger partial charge is 0.466 e. The van der Waals surface area contributed by atoms with Gasteiger partial charge in [0.05, 0.1) is 25.4 Å². The lowest BCUT2D eigenvalue weighted by molar-refractivity contribution is -0.143. The minimum absolute atomic E-state index is 0.0100. The highest BCUT2D eigenvalue weighted by Crippen LogP contribution is 2.20. The first-order valence-corrected chi connectivity index (χ1v) is 35.8. The van der Waals surface area contributed by atoms with E-state index in [0.29, 0.717) is 25.9 Å². The van der Waals surface area contributed by atoms with Gasteiger partial charge in [0.15, 0.2) is 0 Å². The number of nitrogens with one attached hydrogen (secondary N) is 1. The molecule has 0 bridgehead atoms. The third kappa shape index (κ3) is 63.9. The van der Waals surface area contributed by atoms with E-state index in [9.17, 15) is 19.8 Å². The lowest BCUT2D eigenvalue weighted by atomic mass is 10.0. The second kappa shape index (κ2) is 67.4. The average Bonchev–Trinajstić information content (AvgIpc) is 3.43. The Hall–Kier alpha value is -1.14. The van der Waals surface area contributed by atoms with Gasteiger partial charge in [-0.05, 0) is 25.7 Å². The number of carbonyl (C=O) groups excluding carboxylic acids is 2. The molecule has 0 heterocycles. The van der Waals surface area contributed by atoms with E-state index in [1.54, 1.807) is 0 Å². The molecular weight excluding hydrogens is 947 g/mol. The molecule has 0 aliphatic rings. The zero-order valence-corrected chi connectivity index (χ0v) is 52.7. The highest BCUT2D eigenvalue weighted by molar-refractivity contribution is 5.76. The number of unbranched alkanes of at least 4 members (excludes halogenated alkanes) is 57. The Morgan fingerprint density at radius 3 is 0.792 bits per heavy atom. The van der Waals surface area contributed by atoms with Crippen LogP contribution in [0, 0.1) is 0 Å². The maximum absolute atomic E-state index is 12.6. The van der Waals surface area contributed by atoms with Crippen molar-refractivity contribution in [3.63, 3.8) is 0 Å². The van der Waals surface area contributed by atoms with Gasteiger partial charge in [0.1, 0.15) is 0 Å². The number of hydrogen-bond donors (Lipinski definition) is 3. The van der Waals surface area contributed by atoms with Crippen LogP contribution in [0.1, 0.15) is 418 Å². The predicted molar refractivity (Wildman–Crippen MR) is 338 cm³/mol. The Morgan fingerprint density at radius 2 is 0.532 bits per heavy atom. The van der Waals surface area contributed by atoms with Crippen molar-refractivity contribution >= 4 is 11.9 Å². The van der Waals surface area contributed by atoms with Crippen LogP contribution in [-0.4, -0.2) is 47.4 Å². The van der Waals surface area contributed by atoms with Crippen LogP contribution in [0.4, 0.5) is 0 Å². The van der Waals surface area contributed by atoms with Gasteiger partial charge in [0.2, 0.25) is 5.91 Å². The predicted octanol–water partition coefficient (Wildman–Crippen LogP) is 23.0. The van der Waals surface area contributed by atoms with Gasteiger partial charge >= 0.3 is 5.97 Å². The van der Waals surface area contributed by atoms with Crippen molar-refractivity contribution in [1.82, 2.24) is 5.32 Å². The minimum Gasteiger partial charge on any atom is -0.466 e. The molecule has 460 valence electrons. The molecule has 0 saturated carbocycles. The number of ether oxygens (including phenoxy) is 1. The summed E-state index contributed by atoms with van der Waals surface area (Å²) in [6, 6.07) is -0.547. The fourth-order valence-electron chi connectivity index (χ4n) is 11.7. The van der Waals surface area contributed by atoms with Crippen molar-refractivity contribution in [3.05, 3.63) is 0 Å². The summed E-state index contributed by atoms with van der Waals surface area (Å²) < 4.78 is 5.51. The SMILES string of the molecule is CCCCCCCCCCCCCCCCCCCCCCCCCCCC(O)C(CO)NC(=O)CCCCCCCCCCCCCCCCCCOC(=O)CCCCCCCCCCCCCCCCCCCCC. The van der Waals surface area contributed by atoms with E-state index < -0.39 is 12.1 Å². The highest BCUT2D eigenvalue weighted by atomic mass is 16.5. The Morgan fingerprint density at radius 1 is 0.312 bits per heavy atom. The second-order valence-electron chi connectivity index (χ2n) is 24.9. The average molecular weight is 1090 g/mol. The van der Waals surface area contributed by atoms with Crippen molar-refractivity contribution in [1.29, 1.82) is 0 Å². The number of esters is 1. The van der Waals surface area contributed by atoms with Crippen molar-refractivity contribution < 1.29 is 24.5 Å². The maximum Gasteiger partial charge on any atom is 0.305 e. The molecule has 0 aromatic rings. The van der Waals surface area contributed by atoms with Crippen molar-refractivity contribution in [2.45, 2.75) is 431 Å². The van der Waals surface area contributed by atoms with Gasteiger partial charge in [0, 0.05) is 12.8 Å². The second-order valence-corrected chi connectivity index (χ2v) is 24.9. The molecule has 0 aromatic heterocycles. The van der Waals surface area contributed by atoms with E-state index in [1.165, 1.54) is 347 Å². The highest BCUT2D eigenvalue weighted by Gasteiger charge is 2.20. The summed E-state index contributed by atoms with van der Waals surface area (Å²) >= 11 is 0. The first kappa shape index (κ1) is 75.9. The standard InChI is InChI=1S/C71H141NO5/c1-3-5-7-9-11-13-15-17-19-21-23-24-25-26-27-28-30-31-35-39-43-47-51-55-59-63-69(74)68(67-73)72-70(75)64-60-56-52-48-44-40-36-33-34-38-42-46-50-54-58-62-66-77-71(76)65-61-57-53-49-45-41-37-32-29-22-20-18-16-14-12-10-8-6-4-2/h68-69,73-74H,3-67H2,1-2H3,(H,72,75). The van der Waals surface area contributed by atoms with Gasteiger partial charge < -0.3 is 20.3 Å². The Bertz CT molecular complexity index is 1120. The molecule has 77 heavy (non-hydrogen) atoms. The number of aliphatic hydroxyl groups excluding tert-OH is 2. The fourth-order valence-corrected chi connectivity index (χ4v) is 11.7. The molecule has 0 aromatic carbocycles. The first-order chi connectivity index (χ1) is 38.0. The van der Waals surface area contributed by atoms with E-state index in [1.807, 2.05) is 0 Å². The number of amides is 1. The van der Waals surface area contributed by atoms with Crippen LogP contribution in [0.3, 0.4) is 0 Å². The van der Waals surface area contributed by atoms with E-state index in [0.717, 1.165) is 38.5 Å². The Balaban J connectivity index is 3.38. The number of aliphatic hydroxyl groups is 2. The molecule has 2 unspecified atom stereocenters. The number of carbonyl (C=O) groups is 2. The van der Waals surface area contributed by atoms with Gasteiger partial charge in [-0.2, -0.15) is 0 Å². The molecule has 2 atom stereocenters. The molecule has 0 spiro atoms. The third-order valence-corrected chi connectivity index (χ3v) is 17.2. The van der Waals surface area contributed by atoms with E-state index >= 15 is 0 Å². The smallest absolute Gasteiger partial charge is 0.305 e. The summed E-state index contributed by atoms with van der Waals surface area (Å²) in [6.07, 6.45) is 81.4. The van der Waals surface area contributed by atoms with E-state index in [-0.39, 0.29) is 18.5 Å². The fraction of sp³-hybridized carbons (Fsp3) is 0.972. The lowest BCUT2D eigenvalue weighted by Gasteiger charge is -2.22. The molecule has 0 fully saturated rings. The molecule has 0 rings (SSSR count). The molecule has 0 aliphatic carbocycles. The summed E-state index contributed by atoms with van der Waals surface area (Å²) in [6.45, 7) is 5.00. The van der Waals surface area contributed by atoms with Crippen LogP contribution in [0.25, 0.3) is 0 Å². The van der Waals surface area contributed by atoms with Crippen molar-refractivity contribution in [2.24, 2.45) is 0 Å². The minimum atomic E-state index is -0.670. The van der Waals surface area contributed by atoms with Gasteiger partial charge in [-0.1, -0.05) is 380 Å². The third-order valence-electron chi connectivity index (χ3n) is 17.2. The van der Waals surface area contributed by atoms with Gasteiger partial charge in [-0.15, -0.1) is 0 Å². The molecule has 3 N–H and O–H groups in total. The summed E-state index contributed by atoms with van der Waals surface area (Å²) in [7, 11) is 0. The summed E-state index contributed by atoms with van der Waals surface area (Å²) in [5, 5.41) is 23.4. The van der Waals surface area contributed by atoms with Gasteiger partial charge in [-0.3, -0.25) is 9.59 Å². The van der Waals surface area contributed by atoms with Crippen LogP contribution in [0.5, 0.6) is 0 Å². The van der Waals surface area contributed by atoms with Crippen molar-refractivity contribution in [3.8, 4) is 0 Å². The Labute approximate surface area is 483 Å². The molecule has 0 saturated heterocycles. The summed E-state index contributed by atoms with van der Waals surface area (Å²) in [5.41, 5.74) is 0. The van der Waals surface area contributed by atoms with Crippen LogP contribution in [0.15, 0.2) is 0 Å². The topological polar surface area (TPSA) is 95.9 Å². The molecule has 1 amide bonds. The van der Waals surface area contributed by atoms with E-state index in [2.05, 4.69) is 19.2 Å². The van der Waals surface area contributed by atoms with E-state index in [4.69, 9.17) is 4.74 Å². The summed E-state index contributed by atoms with van der Waals surface area (Å²) in [4.78, 5) is 24.7. The van der Waals surface area contributed by atoms with Gasteiger partial charge in [-0.25, -0.2) is 0 Å². The zero-order valence-electron chi connectivity index (χ0n) is 52.7. The van der Waals surface area contributed by atoms with Crippen LogP contribution >= 0.6 is 0 Å². The molecule has 6 heteroatoms. The molecule has 6 nitrogen and oxygen atoms in total. The Kier molecular flexibility index (Phi) is 66.4. The zero-order chi connectivity index (χ0) is 55.7. The maximum atomic E-state index is 12.6. The normalized spacial score (nSPS) is 12.4. The van der Waals surface area contributed by atoms with Gasteiger partial charge in [0.25, 0.3) is 0 Å². The van der Waals surface area contributed by atoms with Crippen LogP contribution in [-0.2, 0) is 14.3 Å². The monoisotopic (exact) mass is 1090 g/mol. The summed E-state index contributed by atoms with van der Waals surface area (Å²) in [5.74, 6) is -0.0254. The number of rotatable bonds is 68.